The molecule has 2 fully saturated rings. The van der Waals surface area contributed by atoms with Crippen molar-refractivity contribution in [2.24, 2.45) is 0 Å². The van der Waals surface area contributed by atoms with Crippen molar-refractivity contribution in [3.8, 4) is 6.07 Å². The van der Waals surface area contributed by atoms with Crippen molar-refractivity contribution in [2.45, 2.75) is 31.4 Å². The summed E-state index contributed by atoms with van der Waals surface area (Å²) in [4.78, 5) is 8.96. The van der Waals surface area contributed by atoms with Gasteiger partial charge in [-0.05, 0) is 31.4 Å². The average Bonchev–Trinajstić information content (AvgIpc) is 2.94. The van der Waals surface area contributed by atoms with Gasteiger partial charge in [-0.3, -0.25) is 4.90 Å². The second-order valence-corrected chi connectivity index (χ2v) is 5.87. The summed E-state index contributed by atoms with van der Waals surface area (Å²) in [6.45, 7) is 3.70. The van der Waals surface area contributed by atoms with E-state index < -0.39 is 0 Å². The Morgan fingerprint density at radius 3 is 2.57 bits per heavy atom. The minimum atomic E-state index is -0.150. The van der Waals surface area contributed by atoms with Gasteiger partial charge in [-0.2, -0.15) is 5.26 Å². The zero-order chi connectivity index (χ0) is 14.8. The first-order chi connectivity index (χ1) is 10.2. The van der Waals surface area contributed by atoms with Crippen molar-refractivity contribution in [3.63, 3.8) is 0 Å². The van der Waals surface area contributed by atoms with Gasteiger partial charge in [-0.1, -0.05) is 0 Å². The fourth-order valence-corrected chi connectivity index (χ4v) is 3.29. The fourth-order valence-electron chi connectivity index (χ4n) is 3.29. The molecule has 21 heavy (non-hydrogen) atoms. The summed E-state index contributed by atoms with van der Waals surface area (Å²) in [6, 6.07) is 6.21. The van der Waals surface area contributed by atoms with Crippen LogP contribution in [0.4, 0.5) is 11.6 Å². The molecular formula is C15H21N5O. The van der Waals surface area contributed by atoms with E-state index in [2.05, 4.69) is 14.8 Å². The highest BCUT2D eigenvalue weighted by Gasteiger charge is 2.30. The largest absolute Gasteiger partial charge is 0.392 e. The lowest BCUT2D eigenvalue weighted by molar-refractivity contribution is 0.148. The predicted octanol–water partition coefficient (Wildman–Crippen LogP) is 0.571. The van der Waals surface area contributed by atoms with Crippen LogP contribution in [0.1, 0.15) is 24.8 Å². The number of likely N-dealkylation sites (tertiary alicyclic amines) is 1. The van der Waals surface area contributed by atoms with E-state index in [0.717, 1.165) is 51.3 Å². The third-order valence-corrected chi connectivity index (χ3v) is 4.53. The molecule has 0 amide bonds. The molecule has 2 aliphatic heterocycles. The number of β-amino-alcohol motifs (C(OH)–C–C–N with tert-alkyl or cyclic N) is 1. The lowest BCUT2D eigenvalue weighted by atomic mass is 10.0. The van der Waals surface area contributed by atoms with Crippen LogP contribution in [0.2, 0.25) is 0 Å². The number of rotatable bonds is 2. The molecular weight excluding hydrogens is 266 g/mol. The van der Waals surface area contributed by atoms with Gasteiger partial charge in [0.05, 0.1) is 11.7 Å². The average molecular weight is 287 g/mol. The SMILES string of the molecule is N#Cc1ccc(N2CCC(N3CCC(O)C3)CC2)nc1N. The van der Waals surface area contributed by atoms with Gasteiger partial charge in [0.15, 0.2) is 0 Å². The van der Waals surface area contributed by atoms with Crippen molar-refractivity contribution in [1.29, 1.82) is 5.26 Å². The first-order valence-corrected chi connectivity index (χ1v) is 7.51. The molecule has 2 saturated heterocycles. The fraction of sp³-hybridized carbons (Fsp3) is 0.600. The molecule has 0 aromatic carbocycles. The van der Waals surface area contributed by atoms with E-state index in [1.54, 1.807) is 6.07 Å². The Kier molecular flexibility index (Phi) is 3.95. The van der Waals surface area contributed by atoms with E-state index in [9.17, 15) is 5.11 Å². The molecule has 0 spiro atoms. The van der Waals surface area contributed by atoms with Gasteiger partial charge in [0.1, 0.15) is 17.7 Å². The highest BCUT2D eigenvalue weighted by atomic mass is 16.3. The van der Waals surface area contributed by atoms with E-state index in [1.165, 1.54) is 0 Å². The second kappa shape index (κ2) is 5.88. The summed E-state index contributed by atoms with van der Waals surface area (Å²) >= 11 is 0. The van der Waals surface area contributed by atoms with Gasteiger partial charge in [0.2, 0.25) is 0 Å². The quantitative estimate of drug-likeness (QED) is 0.826. The molecule has 0 saturated carbocycles. The first-order valence-electron chi connectivity index (χ1n) is 7.51. The maximum Gasteiger partial charge on any atom is 0.143 e. The number of aliphatic hydroxyl groups is 1. The van der Waals surface area contributed by atoms with Crippen LogP contribution in [-0.2, 0) is 0 Å². The summed E-state index contributed by atoms with van der Waals surface area (Å²) in [5, 5.41) is 18.5. The standard InChI is InChI=1S/C15H21N5O/c16-9-11-1-2-14(18-15(11)17)19-6-3-12(4-7-19)20-8-5-13(21)10-20/h1-2,12-13,21H,3-8,10H2,(H2,17,18). The Morgan fingerprint density at radius 1 is 1.24 bits per heavy atom. The van der Waals surface area contributed by atoms with Gasteiger partial charge >= 0.3 is 0 Å². The molecule has 0 radical (unpaired) electrons. The van der Waals surface area contributed by atoms with Crippen LogP contribution in [0.5, 0.6) is 0 Å². The third-order valence-electron chi connectivity index (χ3n) is 4.53. The Morgan fingerprint density at radius 2 is 2.00 bits per heavy atom. The van der Waals surface area contributed by atoms with E-state index in [4.69, 9.17) is 11.0 Å². The van der Waals surface area contributed by atoms with Crippen molar-refractivity contribution in [3.05, 3.63) is 17.7 Å². The molecule has 1 aromatic rings. The Bertz CT molecular complexity index is 547. The molecule has 1 atom stereocenters. The van der Waals surface area contributed by atoms with Gasteiger partial charge in [-0.25, -0.2) is 4.98 Å². The molecule has 0 aliphatic carbocycles. The predicted molar refractivity (Wildman–Crippen MR) is 80.8 cm³/mol. The molecule has 6 nitrogen and oxygen atoms in total. The van der Waals surface area contributed by atoms with Gasteiger partial charge in [-0.15, -0.1) is 0 Å². The molecule has 1 unspecified atom stereocenters. The van der Waals surface area contributed by atoms with Crippen LogP contribution in [0.15, 0.2) is 12.1 Å². The van der Waals surface area contributed by atoms with E-state index in [1.807, 2.05) is 12.1 Å². The van der Waals surface area contributed by atoms with Crippen molar-refractivity contribution < 1.29 is 5.11 Å². The maximum absolute atomic E-state index is 9.64. The number of nitrogen functional groups attached to an aromatic ring is 1. The number of piperidine rings is 1. The van der Waals surface area contributed by atoms with Crippen molar-refractivity contribution >= 4 is 11.6 Å². The number of hydrogen-bond donors (Lipinski definition) is 2. The van der Waals surface area contributed by atoms with Gasteiger partial charge < -0.3 is 15.7 Å². The Labute approximate surface area is 124 Å². The summed E-state index contributed by atoms with van der Waals surface area (Å²) in [5.41, 5.74) is 6.21. The first kappa shape index (κ1) is 14.1. The van der Waals surface area contributed by atoms with Crippen LogP contribution < -0.4 is 10.6 Å². The molecule has 2 aliphatic rings. The number of aromatic nitrogens is 1. The minimum Gasteiger partial charge on any atom is -0.392 e. The molecule has 1 aromatic heterocycles. The van der Waals surface area contributed by atoms with Crippen LogP contribution in [0, 0.1) is 11.3 Å². The molecule has 112 valence electrons. The second-order valence-electron chi connectivity index (χ2n) is 5.87. The zero-order valence-electron chi connectivity index (χ0n) is 12.1. The number of nitrogens with two attached hydrogens (primary N) is 1. The smallest absolute Gasteiger partial charge is 0.143 e. The number of hydrogen-bond acceptors (Lipinski definition) is 6. The zero-order valence-corrected chi connectivity index (χ0v) is 12.1. The summed E-state index contributed by atoms with van der Waals surface area (Å²) < 4.78 is 0. The number of aliphatic hydroxyl groups excluding tert-OH is 1. The van der Waals surface area contributed by atoms with Crippen LogP contribution in [0.25, 0.3) is 0 Å². The van der Waals surface area contributed by atoms with Crippen LogP contribution in [0.3, 0.4) is 0 Å². The van der Waals surface area contributed by atoms with Crippen LogP contribution in [-0.4, -0.2) is 53.3 Å². The summed E-state index contributed by atoms with van der Waals surface area (Å²) in [6.07, 6.45) is 2.90. The Hall–Kier alpha value is -1.84. The lowest BCUT2D eigenvalue weighted by Gasteiger charge is -2.37. The van der Waals surface area contributed by atoms with Gasteiger partial charge in [0, 0.05) is 32.2 Å². The van der Waals surface area contributed by atoms with Crippen LogP contribution >= 0.6 is 0 Å². The number of anilines is 2. The van der Waals surface area contributed by atoms with Crippen molar-refractivity contribution in [1.82, 2.24) is 9.88 Å². The number of nitrogens with zero attached hydrogens (tertiary/aromatic N) is 4. The molecule has 3 rings (SSSR count). The molecule has 6 heteroatoms. The normalized spacial score (nSPS) is 24.2. The van der Waals surface area contributed by atoms with Crippen molar-refractivity contribution in [2.75, 3.05) is 36.8 Å². The minimum absolute atomic E-state index is 0.150. The van der Waals surface area contributed by atoms with E-state index in [-0.39, 0.29) is 6.10 Å². The number of pyridine rings is 1. The monoisotopic (exact) mass is 287 g/mol. The molecule has 3 heterocycles. The lowest BCUT2D eigenvalue weighted by Crippen LogP contribution is -2.44. The molecule has 3 N–H and O–H groups in total. The maximum atomic E-state index is 9.64. The Balaban J connectivity index is 1.61. The van der Waals surface area contributed by atoms with Gasteiger partial charge in [0.25, 0.3) is 0 Å². The number of nitriles is 1. The summed E-state index contributed by atoms with van der Waals surface area (Å²) in [7, 11) is 0. The van der Waals surface area contributed by atoms with E-state index in [0.29, 0.717) is 17.4 Å². The molecule has 0 bridgehead atoms. The highest BCUT2D eigenvalue weighted by molar-refractivity contribution is 5.54. The topological polar surface area (TPSA) is 89.4 Å². The highest BCUT2D eigenvalue weighted by Crippen LogP contribution is 2.25. The third kappa shape index (κ3) is 2.94. The summed E-state index contributed by atoms with van der Waals surface area (Å²) in [5.74, 6) is 1.16. The van der Waals surface area contributed by atoms with E-state index >= 15 is 0 Å².